The molecule has 1 aromatic carbocycles. The quantitative estimate of drug-likeness (QED) is 0.909. The average molecular weight is 283 g/mol. The van der Waals surface area contributed by atoms with Crippen LogP contribution in [0.15, 0.2) is 30.5 Å². The van der Waals surface area contributed by atoms with Crippen LogP contribution < -0.4 is 10.1 Å². The van der Waals surface area contributed by atoms with Crippen molar-refractivity contribution in [2.45, 2.75) is 19.5 Å². The maximum atomic E-state index is 5.85. The fourth-order valence-corrected chi connectivity index (χ4v) is 2.65. The van der Waals surface area contributed by atoms with Gasteiger partial charge in [-0.15, -0.1) is 11.3 Å². The molecule has 0 aliphatic carbocycles. The number of para-hydroxylation sites is 1. The topological polar surface area (TPSA) is 34.1 Å². The van der Waals surface area contributed by atoms with Crippen molar-refractivity contribution in [3.05, 3.63) is 45.4 Å². The van der Waals surface area contributed by atoms with Crippen molar-refractivity contribution in [1.82, 2.24) is 10.3 Å². The Kier molecular flexibility index (Phi) is 4.58. The monoisotopic (exact) mass is 282 g/mol. The van der Waals surface area contributed by atoms with Gasteiger partial charge >= 0.3 is 0 Å². The number of hydrogen-bond acceptors (Lipinski definition) is 4. The second kappa shape index (κ2) is 6.18. The van der Waals surface area contributed by atoms with Gasteiger partial charge in [-0.05, 0) is 13.0 Å². The first-order valence-corrected chi connectivity index (χ1v) is 6.86. The zero-order chi connectivity index (χ0) is 13.0. The number of halogens is 1. The van der Waals surface area contributed by atoms with E-state index in [0.717, 1.165) is 20.7 Å². The van der Waals surface area contributed by atoms with Crippen LogP contribution >= 0.6 is 22.9 Å². The Labute approximate surface area is 116 Å². The molecule has 0 saturated heterocycles. The zero-order valence-corrected chi connectivity index (χ0v) is 11.9. The number of aromatic nitrogens is 1. The van der Waals surface area contributed by atoms with E-state index in [1.54, 1.807) is 13.3 Å². The van der Waals surface area contributed by atoms with Gasteiger partial charge in [-0.1, -0.05) is 29.8 Å². The molecule has 0 aliphatic heterocycles. The number of rotatable bonds is 5. The maximum Gasteiger partial charge on any atom is 0.123 e. The van der Waals surface area contributed by atoms with Crippen molar-refractivity contribution in [2.75, 3.05) is 7.11 Å². The highest BCUT2D eigenvalue weighted by atomic mass is 35.5. The van der Waals surface area contributed by atoms with Gasteiger partial charge in [-0.2, -0.15) is 0 Å². The minimum atomic E-state index is 0.198. The van der Waals surface area contributed by atoms with Crippen LogP contribution in [-0.4, -0.2) is 12.1 Å². The molecule has 96 valence electrons. The molecule has 0 radical (unpaired) electrons. The van der Waals surface area contributed by atoms with E-state index >= 15 is 0 Å². The molecule has 1 aromatic heterocycles. The lowest BCUT2D eigenvalue weighted by Crippen LogP contribution is -2.18. The molecule has 1 atom stereocenters. The molecule has 0 unspecified atom stereocenters. The van der Waals surface area contributed by atoms with E-state index < -0.39 is 0 Å². The molecule has 0 bridgehead atoms. The van der Waals surface area contributed by atoms with Crippen molar-refractivity contribution in [3.8, 4) is 5.75 Å². The summed E-state index contributed by atoms with van der Waals surface area (Å²) in [6.07, 6.45) is 1.68. The van der Waals surface area contributed by atoms with Gasteiger partial charge in [-0.25, -0.2) is 4.98 Å². The van der Waals surface area contributed by atoms with Gasteiger partial charge in [0.25, 0.3) is 0 Å². The molecule has 1 N–H and O–H groups in total. The van der Waals surface area contributed by atoms with Gasteiger partial charge in [0.05, 0.1) is 13.3 Å². The van der Waals surface area contributed by atoms with Crippen LogP contribution in [0.3, 0.4) is 0 Å². The van der Waals surface area contributed by atoms with Crippen LogP contribution in [0, 0.1) is 0 Å². The molecule has 18 heavy (non-hydrogen) atoms. The first-order valence-electron chi connectivity index (χ1n) is 5.67. The fraction of sp³-hybridized carbons (Fsp3) is 0.308. The normalized spacial score (nSPS) is 12.4. The number of ether oxygens (including phenoxy) is 1. The minimum Gasteiger partial charge on any atom is -0.496 e. The Bertz CT molecular complexity index is 515. The van der Waals surface area contributed by atoms with E-state index in [1.165, 1.54) is 11.3 Å². The third kappa shape index (κ3) is 3.22. The summed E-state index contributed by atoms with van der Waals surface area (Å²) in [6, 6.07) is 8.20. The van der Waals surface area contributed by atoms with Crippen molar-refractivity contribution >= 4 is 22.9 Å². The van der Waals surface area contributed by atoms with Crippen LogP contribution in [-0.2, 0) is 6.54 Å². The van der Waals surface area contributed by atoms with Gasteiger partial charge in [0.1, 0.15) is 15.1 Å². The predicted octanol–water partition coefficient (Wildman–Crippen LogP) is 3.66. The van der Waals surface area contributed by atoms with E-state index in [9.17, 15) is 0 Å². The van der Waals surface area contributed by atoms with Crippen LogP contribution in [0.2, 0.25) is 4.34 Å². The summed E-state index contributed by atoms with van der Waals surface area (Å²) < 4.78 is 6.07. The highest BCUT2D eigenvalue weighted by Gasteiger charge is 2.10. The van der Waals surface area contributed by atoms with Crippen LogP contribution in [0.25, 0.3) is 0 Å². The van der Waals surface area contributed by atoms with Gasteiger partial charge in [-0.3, -0.25) is 0 Å². The van der Waals surface area contributed by atoms with Crippen molar-refractivity contribution in [1.29, 1.82) is 0 Å². The standard InChI is InChI=1S/C13H15ClN2OS/c1-9(10-5-3-4-6-11(10)17-2)15-8-13-16-7-12(14)18-13/h3-7,9,15H,8H2,1-2H3/t9-/m1/s1. The Morgan fingerprint density at radius 3 is 2.89 bits per heavy atom. The van der Waals surface area contributed by atoms with Gasteiger partial charge < -0.3 is 10.1 Å². The third-order valence-corrected chi connectivity index (χ3v) is 3.81. The van der Waals surface area contributed by atoms with Crippen molar-refractivity contribution in [3.63, 3.8) is 0 Å². The van der Waals surface area contributed by atoms with Crippen molar-refractivity contribution < 1.29 is 4.74 Å². The van der Waals surface area contributed by atoms with Crippen LogP contribution in [0.4, 0.5) is 0 Å². The Hall–Kier alpha value is -1.10. The Morgan fingerprint density at radius 2 is 2.22 bits per heavy atom. The van der Waals surface area contributed by atoms with Crippen LogP contribution in [0.1, 0.15) is 23.5 Å². The fourth-order valence-electron chi connectivity index (χ4n) is 1.74. The molecular formula is C13H15ClN2OS. The molecule has 0 aliphatic rings. The summed E-state index contributed by atoms with van der Waals surface area (Å²) in [5.74, 6) is 0.898. The molecule has 3 nitrogen and oxygen atoms in total. The van der Waals surface area contributed by atoms with E-state index in [1.807, 2.05) is 18.2 Å². The average Bonchev–Trinajstić information content (AvgIpc) is 2.81. The molecule has 2 rings (SSSR count). The number of nitrogens with one attached hydrogen (secondary N) is 1. The molecular weight excluding hydrogens is 268 g/mol. The van der Waals surface area contributed by atoms with Gasteiger partial charge in [0.2, 0.25) is 0 Å². The smallest absolute Gasteiger partial charge is 0.123 e. The molecule has 0 spiro atoms. The highest BCUT2D eigenvalue weighted by Crippen LogP contribution is 2.25. The SMILES string of the molecule is COc1ccccc1[C@@H](C)NCc1ncc(Cl)s1. The highest BCUT2D eigenvalue weighted by molar-refractivity contribution is 7.15. The van der Waals surface area contributed by atoms with Gasteiger partial charge in [0, 0.05) is 18.2 Å². The van der Waals surface area contributed by atoms with E-state index in [2.05, 4.69) is 23.3 Å². The summed E-state index contributed by atoms with van der Waals surface area (Å²) in [6.45, 7) is 2.81. The lowest BCUT2D eigenvalue weighted by Gasteiger charge is -2.16. The Morgan fingerprint density at radius 1 is 1.44 bits per heavy atom. The molecule has 0 fully saturated rings. The predicted molar refractivity (Wildman–Crippen MR) is 75.4 cm³/mol. The first-order chi connectivity index (χ1) is 8.70. The molecule has 5 heteroatoms. The largest absolute Gasteiger partial charge is 0.496 e. The lowest BCUT2D eigenvalue weighted by molar-refractivity contribution is 0.401. The summed E-state index contributed by atoms with van der Waals surface area (Å²) in [5, 5.41) is 4.40. The zero-order valence-electron chi connectivity index (χ0n) is 10.3. The number of nitrogens with zero attached hydrogens (tertiary/aromatic N) is 1. The molecule has 0 amide bonds. The third-order valence-electron chi connectivity index (χ3n) is 2.69. The molecule has 0 saturated carbocycles. The maximum absolute atomic E-state index is 5.85. The van der Waals surface area contributed by atoms with Crippen LogP contribution in [0.5, 0.6) is 5.75 Å². The lowest BCUT2D eigenvalue weighted by atomic mass is 10.1. The van der Waals surface area contributed by atoms with E-state index in [4.69, 9.17) is 16.3 Å². The summed E-state index contributed by atoms with van der Waals surface area (Å²) in [4.78, 5) is 4.22. The summed E-state index contributed by atoms with van der Waals surface area (Å²) >= 11 is 7.34. The van der Waals surface area contributed by atoms with E-state index in [-0.39, 0.29) is 6.04 Å². The summed E-state index contributed by atoms with van der Waals surface area (Å²) in [5.41, 5.74) is 1.14. The number of methoxy groups -OCH3 is 1. The number of hydrogen-bond donors (Lipinski definition) is 1. The Balaban J connectivity index is 2.01. The minimum absolute atomic E-state index is 0.198. The first kappa shape index (κ1) is 13.3. The molecule has 2 aromatic rings. The van der Waals surface area contributed by atoms with Crippen molar-refractivity contribution in [2.24, 2.45) is 0 Å². The van der Waals surface area contributed by atoms with Gasteiger partial charge in [0.15, 0.2) is 0 Å². The van der Waals surface area contributed by atoms with E-state index in [0.29, 0.717) is 6.54 Å². The number of benzene rings is 1. The number of thiazole rings is 1. The second-order valence-electron chi connectivity index (χ2n) is 3.90. The molecule has 1 heterocycles. The summed E-state index contributed by atoms with van der Waals surface area (Å²) in [7, 11) is 1.69. The second-order valence-corrected chi connectivity index (χ2v) is 5.65.